The number of oxime groups is 1. The van der Waals surface area contributed by atoms with Gasteiger partial charge in [-0.3, -0.25) is 19.3 Å². The van der Waals surface area contributed by atoms with Crippen LogP contribution in [0, 0.1) is 17.8 Å². The molecule has 1 aromatic carbocycles. The molecule has 2 N–H and O–H groups in total. The van der Waals surface area contributed by atoms with Crippen LogP contribution in [-0.2, 0) is 19.2 Å². The van der Waals surface area contributed by atoms with Crippen LogP contribution in [0.15, 0.2) is 34.2 Å². The Balaban J connectivity index is 1.31. The molecule has 6 atom stereocenters. The number of benzene rings is 1. The predicted octanol–water partition coefficient (Wildman–Crippen LogP) is 5.11. The highest BCUT2D eigenvalue weighted by molar-refractivity contribution is 6.00. The smallest absolute Gasteiger partial charge is 0.306 e. The van der Waals surface area contributed by atoms with Crippen molar-refractivity contribution >= 4 is 28.6 Å². The minimum Gasteiger partial charge on any atom is -0.466 e. The molecule has 2 heterocycles. The van der Waals surface area contributed by atoms with Crippen molar-refractivity contribution in [3.63, 3.8) is 0 Å². The van der Waals surface area contributed by atoms with E-state index in [0.717, 1.165) is 23.8 Å². The van der Waals surface area contributed by atoms with Crippen molar-refractivity contribution in [3.8, 4) is 0 Å². The average Bonchev–Trinajstić information content (AvgIpc) is 3.34. The molecular formula is C35H49N5O5. The number of nitrogens with two attached hydrogens (primary N) is 1. The van der Waals surface area contributed by atoms with Gasteiger partial charge in [0.2, 0.25) is 0 Å². The monoisotopic (exact) mass is 619 g/mol. The first kappa shape index (κ1) is 31.7. The molecule has 6 rings (SSSR count). The number of likely N-dealkylation sites (tertiary alicyclic amines) is 1. The molecule has 3 unspecified atom stereocenters. The van der Waals surface area contributed by atoms with E-state index in [2.05, 4.69) is 17.0 Å². The highest BCUT2D eigenvalue weighted by atomic mass is 16.6. The third-order valence-corrected chi connectivity index (χ3v) is 10.9. The number of carbonyl (C=O) groups excluding carboxylic acids is 2. The SMILES string of the molecule is CCOC(=O)CC/C(=N\OCC(N)=O)c1nc2ccccc2n([C@@H](C)C[C@@H]2C3CCC[C@H]3N2C2CC3CCCCC(C3)C2)c1=O. The van der Waals surface area contributed by atoms with Crippen molar-refractivity contribution in [3.05, 3.63) is 40.3 Å². The summed E-state index contributed by atoms with van der Waals surface area (Å²) in [5, 5.41) is 4.10. The molecule has 45 heavy (non-hydrogen) atoms. The highest BCUT2D eigenvalue weighted by Crippen LogP contribution is 2.52. The fraction of sp³-hybridized carbons (Fsp3) is 0.686. The van der Waals surface area contributed by atoms with Crippen LogP contribution in [0.2, 0.25) is 0 Å². The van der Waals surface area contributed by atoms with Gasteiger partial charge in [-0.15, -0.1) is 0 Å². The van der Waals surface area contributed by atoms with Gasteiger partial charge in [-0.25, -0.2) is 4.98 Å². The van der Waals surface area contributed by atoms with Crippen LogP contribution in [0.4, 0.5) is 0 Å². The van der Waals surface area contributed by atoms with E-state index in [9.17, 15) is 14.4 Å². The Morgan fingerprint density at radius 3 is 2.53 bits per heavy atom. The minimum absolute atomic E-state index is 0.000412. The summed E-state index contributed by atoms with van der Waals surface area (Å²) in [6.45, 7) is 3.71. The molecule has 10 nitrogen and oxygen atoms in total. The number of esters is 1. The van der Waals surface area contributed by atoms with Gasteiger partial charge in [-0.05, 0) is 82.3 Å². The van der Waals surface area contributed by atoms with E-state index >= 15 is 0 Å². The quantitative estimate of drug-likeness (QED) is 0.199. The van der Waals surface area contributed by atoms with Crippen LogP contribution < -0.4 is 11.3 Å². The van der Waals surface area contributed by atoms with E-state index < -0.39 is 18.5 Å². The van der Waals surface area contributed by atoms with Crippen LogP contribution in [0.5, 0.6) is 0 Å². The third kappa shape index (κ3) is 6.81. The van der Waals surface area contributed by atoms with Gasteiger partial charge in [0.15, 0.2) is 12.3 Å². The second-order valence-corrected chi connectivity index (χ2v) is 13.8. The molecule has 3 saturated carbocycles. The van der Waals surface area contributed by atoms with Gasteiger partial charge >= 0.3 is 5.97 Å². The maximum atomic E-state index is 14.3. The first-order chi connectivity index (χ1) is 21.8. The van der Waals surface area contributed by atoms with E-state index in [0.29, 0.717) is 29.6 Å². The summed E-state index contributed by atoms with van der Waals surface area (Å²) in [6, 6.07) is 9.42. The lowest BCUT2D eigenvalue weighted by molar-refractivity contribution is -0.142. The molecule has 0 radical (unpaired) electrons. The lowest BCUT2D eigenvalue weighted by atomic mass is 9.71. The summed E-state index contributed by atoms with van der Waals surface area (Å²) in [4.78, 5) is 50.7. The van der Waals surface area contributed by atoms with E-state index in [1.165, 1.54) is 64.2 Å². The van der Waals surface area contributed by atoms with Crippen molar-refractivity contribution < 1.29 is 19.2 Å². The Morgan fingerprint density at radius 2 is 1.80 bits per heavy atom. The van der Waals surface area contributed by atoms with E-state index in [4.69, 9.17) is 20.3 Å². The summed E-state index contributed by atoms with van der Waals surface area (Å²) >= 11 is 0. The largest absolute Gasteiger partial charge is 0.466 e. The number of amides is 1. The van der Waals surface area contributed by atoms with Gasteiger partial charge < -0.3 is 19.9 Å². The Hall–Kier alpha value is -3.27. The first-order valence-electron chi connectivity index (χ1n) is 17.3. The number of para-hydroxylation sites is 2. The molecule has 10 heteroatoms. The zero-order valence-electron chi connectivity index (χ0n) is 26.9. The maximum Gasteiger partial charge on any atom is 0.306 e. The Labute approximate surface area is 265 Å². The lowest BCUT2D eigenvalue weighted by Crippen LogP contribution is -2.66. The van der Waals surface area contributed by atoms with Crippen molar-refractivity contribution in [1.82, 2.24) is 14.5 Å². The molecular weight excluding hydrogens is 570 g/mol. The summed E-state index contributed by atoms with van der Waals surface area (Å²) in [5.74, 6) is 1.34. The number of hydrogen-bond acceptors (Lipinski definition) is 8. The van der Waals surface area contributed by atoms with Gasteiger partial charge in [-0.2, -0.15) is 0 Å². The average molecular weight is 620 g/mol. The molecule has 2 bridgehead atoms. The molecule has 2 aromatic rings. The summed E-state index contributed by atoms with van der Waals surface area (Å²) < 4.78 is 6.97. The van der Waals surface area contributed by atoms with Gasteiger partial charge in [0.1, 0.15) is 5.71 Å². The molecule has 4 aliphatic rings. The van der Waals surface area contributed by atoms with Crippen molar-refractivity contribution in [2.75, 3.05) is 13.2 Å². The second kappa shape index (κ2) is 14.0. The van der Waals surface area contributed by atoms with E-state index in [1.807, 2.05) is 28.8 Å². The topological polar surface area (TPSA) is 129 Å². The number of fused-ring (bicyclic) bond motifs is 4. The van der Waals surface area contributed by atoms with E-state index in [1.54, 1.807) is 6.92 Å². The summed E-state index contributed by atoms with van der Waals surface area (Å²) in [5.41, 5.74) is 6.74. The summed E-state index contributed by atoms with van der Waals surface area (Å²) in [6.07, 6.45) is 14.5. The Morgan fingerprint density at radius 1 is 1.04 bits per heavy atom. The second-order valence-electron chi connectivity index (χ2n) is 13.8. The molecule has 1 amide bonds. The lowest BCUT2D eigenvalue weighted by Gasteiger charge is -2.59. The zero-order valence-corrected chi connectivity index (χ0v) is 26.9. The van der Waals surface area contributed by atoms with Gasteiger partial charge in [0.25, 0.3) is 11.5 Å². The number of carbonyl (C=O) groups is 2. The van der Waals surface area contributed by atoms with Crippen LogP contribution in [0.1, 0.15) is 109 Å². The number of aromatic nitrogens is 2. The minimum atomic E-state index is -0.687. The molecule has 1 aliphatic heterocycles. The normalized spacial score (nSPS) is 29.0. The maximum absolute atomic E-state index is 14.3. The Bertz CT molecular complexity index is 1460. The van der Waals surface area contributed by atoms with Crippen molar-refractivity contribution in [1.29, 1.82) is 0 Å². The fourth-order valence-corrected chi connectivity index (χ4v) is 9.17. The number of hydrogen-bond donors (Lipinski definition) is 1. The van der Waals surface area contributed by atoms with Crippen LogP contribution in [-0.4, -0.2) is 63.4 Å². The van der Waals surface area contributed by atoms with Crippen molar-refractivity contribution in [2.24, 2.45) is 28.6 Å². The van der Waals surface area contributed by atoms with Crippen LogP contribution >= 0.6 is 0 Å². The Kier molecular flexibility index (Phi) is 9.87. The van der Waals surface area contributed by atoms with Gasteiger partial charge in [0.05, 0.1) is 24.1 Å². The highest BCUT2D eigenvalue weighted by Gasteiger charge is 2.54. The first-order valence-corrected chi connectivity index (χ1v) is 17.3. The number of primary amides is 1. The fourth-order valence-electron chi connectivity index (χ4n) is 9.17. The molecule has 1 saturated heterocycles. The van der Waals surface area contributed by atoms with Crippen LogP contribution in [0.25, 0.3) is 11.0 Å². The molecule has 0 spiro atoms. The van der Waals surface area contributed by atoms with E-state index in [-0.39, 0.29) is 42.5 Å². The standard InChI is InChI=1S/C35H49N5O5/c1-3-44-33(42)16-15-28(38-45-21-32(36)41)34-35(43)39(30-13-7-6-12-27(30)37-34)22(2)17-31-26-11-8-14-29(26)40(31)25-19-23-9-4-5-10-24(18-23)20-25/h6-7,12-13,22-26,29,31H,3-5,8-11,14-21H2,1-2H3,(H2,36,41)/b38-28+/t22-,23?,24?,25?,26?,29+,31+/m0/s1. The molecule has 3 aliphatic carbocycles. The summed E-state index contributed by atoms with van der Waals surface area (Å²) in [7, 11) is 0. The zero-order chi connectivity index (χ0) is 31.5. The molecule has 4 fully saturated rings. The molecule has 244 valence electrons. The van der Waals surface area contributed by atoms with Gasteiger partial charge in [0, 0.05) is 30.6 Å². The molecule has 1 aromatic heterocycles. The van der Waals surface area contributed by atoms with Crippen molar-refractivity contribution in [2.45, 2.75) is 121 Å². The number of ether oxygens (including phenoxy) is 1. The third-order valence-electron chi connectivity index (χ3n) is 10.9. The number of nitrogens with zero attached hydrogens (tertiary/aromatic N) is 4. The van der Waals surface area contributed by atoms with Gasteiger partial charge in [-0.1, -0.05) is 49.4 Å². The van der Waals surface area contributed by atoms with Crippen LogP contribution in [0.3, 0.4) is 0 Å². The predicted molar refractivity (Wildman–Crippen MR) is 173 cm³/mol. The number of rotatable bonds is 12.